The second-order valence-corrected chi connectivity index (χ2v) is 10.8. The summed E-state index contributed by atoms with van der Waals surface area (Å²) in [6, 6.07) is 5.06. The lowest BCUT2D eigenvalue weighted by Crippen LogP contribution is -2.50. The van der Waals surface area contributed by atoms with Crippen LogP contribution in [0.15, 0.2) is 36.8 Å². The van der Waals surface area contributed by atoms with E-state index in [4.69, 9.17) is 14.7 Å². The van der Waals surface area contributed by atoms with Crippen molar-refractivity contribution in [2.45, 2.75) is 63.5 Å². The summed E-state index contributed by atoms with van der Waals surface area (Å²) < 4.78 is 20.5. The average Bonchev–Trinajstić information content (AvgIpc) is 3.72. The average molecular weight is 575 g/mol. The van der Waals surface area contributed by atoms with Crippen molar-refractivity contribution in [1.29, 1.82) is 0 Å². The minimum Gasteiger partial charge on any atom is -0.368 e. The number of carbonyl (C=O) groups is 2. The third-order valence-electron chi connectivity index (χ3n) is 7.91. The van der Waals surface area contributed by atoms with Crippen molar-refractivity contribution in [2.75, 3.05) is 17.7 Å². The first-order valence-electron chi connectivity index (χ1n) is 13.8. The van der Waals surface area contributed by atoms with Crippen molar-refractivity contribution in [2.24, 2.45) is 0 Å². The van der Waals surface area contributed by atoms with Crippen LogP contribution in [0.1, 0.15) is 67.3 Å². The first-order valence-corrected chi connectivity index (χ1v) is 13.8. The Labute approximate surface area is 240 Å². The van der Waals surface area contributed by atoms with Gasteiger partial charge in [-0.1, -0.05) is 6.07 Å². The number of nitrogens with one attached hydrogen (secondary N) is 4. The molecule has 0 bridgehead atoms. The van der Waals surface area contributed by atoms with E-state index in [0.29, 0.717) is 60.3 Å². The van der Waals surface area contributed by atoms with Crippen LogP contribution in [0.25, 0.3) is 5.82 Å². The van der Waals surface area contributed by atoms with E-state index in [1.54, 1.807) is 19.4 Å². The largest absolute Gasteiger partial charge is 0.368 e. The molecule has 0 aromatic carbocycles. The molecule has 4 aromatic heterocycles. The standard InChI is InChI=1S/C28H31FN10O3/c1-15-10-21(38-37-15)34-26-24-20(11-23(40)35-24)33-25(36-26)17-6-8-28(42-3,9-7-17)27(41)32-16(2)18-4-5-22(30-12-18)39-14-19(29)13-31-39/h4-5,10,12-14,16-17H,6-9,11H2,1-3H3,(H,32,41)(H,35,40)(H2,33,34,36,37,38)/t16-,17?,28?/m0/s1. The Hall–Kier alpha value is -4.72. The number of fused-ring (bicyclic) bond motifs is 1. The van der Waals surface area contributed by atoms with Gasteiger partial charge in [-0.2, -0.15) is 10.2 Å². The number of aryl methyl sites for hydroxylation is 1. The summed E-state index contributed by atoms with van der Waals surface area (Å²) in [6.07, 6.45) is 6.40. The van der Waals surface area contributed by atoms with E-state index < -0.39 is 11.4 Å². The molecule has 1 fully saturated rings. The molecule has 1 aliphatic carbocycles. The highest BCUT2D eigenvalue weighted by Gasteiger charge is 2.43. The molecule has 0 saturated heterocycles. The van der Waals surface area contributed by atoms with Crippen molar-refractivity contribution in [3.05, 3.63) is 65.4 Å². The number of rotatable bonds is 8. The van der Waals surface area contributed by atoms with E-state index in [9.17, 15) is 14.0 Å². The van der Waals surface area contributed by atoms with Crippen LogP contribution in [0, 0.1) is 12.7 Å². The number of aromatic amines is 1. The van der Waals surface area contributed by atoms with Gasteiger partial charge in [0.1, 0.15) is 17.1 Å². The van der Waals surface area contributed by atoms with Gasteiger partial charge in [0.25, 0.3) is 5.91 Å². The molecule has 0 radical (unpaired) electrons. The molecule has 2 aliphatic rings. The van der Waals surface area contributed by atoms with E-state index in [0.717, 1.165) is 17.5 Å². The minimum atomic E-state index is -0.993. The quantitative estimate of drug-likeness (QED) is 0.247. The van der Waals surface area contributed by atoms with Gasteiger partial charge in [0, 0.05) is 31.0 Å². The number of methoxy groups -OCH3 is 1. The van der Waals surface area contributed by atoms with Crippen molar-refractivity contribution in [1.82, 2.24) is 40.2 Å². The molecule has 2 amide bonds. The van der Waals surface area contributed by atoms with Crippen LogP contribution in [-0.2, 0) is 20.7 Å². The number of anilines is 3. The smallest absolute Gasteiger partial charge is 0.252 e. The van der Waals surface area contributed by atoms with E-state index in [1.165, 1.54) is 10.9 Å². The molecular formula is C28H31FN10O3. The fourth-order valence-corrected chi connectivity index (χ4v) is 5.49. The molecule has 1 atom stereocenters. The van der Waals surface area contributed by atoms with Gasteiger partial charge < -0.3 is 20.7 Å². The number of hydrogen-bond donors (Lipinski definition) is 4. The van der Waals surface area contributed by atoms with Crippen LogP contribution in [0.2, 0.25) is 0 Å². The van der Waals surface area contributed by atoms with Gasteiger partial charge in [-0.05, 0) is 51.2 Å². The molecule has 14 heteroatoms. The lowest BCUT2D eigenvalue weighted by Gasteiger charge is -2.38. The highest BCUT2D eigenvalue weighted by molar-refractivity contribution is 6.01. The SMILES string of the molecule is COC1(C(=O)N[C@@H](C)c2ccc(-n3cc(F)cn3)nc2)CCC(c2nc3c(c(Nc4cc(C)[nH]n4)n2)NC(=O)C3)CC1. The monoisotopic (exact) mass is 574 g/mol. The number of hydrogen-bond acceptors (Lipinski definition) is 9. The summed E-state index contributed by atoms with van der Waals surface area (Å²) in [5.41, 5.74) is 1.90. The van der Waals surface area contributed by atoms with Crippen molar-refractivity contribution in [3.63, 3.8) is 0 Å². The van der Waals surface area contributed by atoms with E-state index in [-0.39, 0.29) is 30.2 Å². The topological polar surface area (TPSA) is 165 Å². The van der Waals surface area contributed by atoms with E-state index in [2.05, 4.69) is 36.2 Å². The maximum Gasteiger partial charge on any atom is 0.252 e. The predicted octanol–water partition coefficient (Wildman–Crippen LogP) is 3.39. The van der Waals surface area contributed by atoms with Crippen molar-refractivity contribution in [3.8, 4) is 5.82 Å². The fourth-order valence-electron chi connectivity index (χ4n) is 5.49. The number of amides is 2. The third-order valence-corrected chi connectivity index (χ3v) is 7.91. The molecular weight excluding hydrogens is 543 g/mol. The molecule has 42 heavy (non-hydrogen) atoms. The molecule has 218 valence electrons. The van der Waals surface area contributed by atoms with Gasteiger partial charge in [0.2, 0.25) is 5.91 Å². The molecule has 13 nitrogen and oxygen atoms in total. The Kier molecular flexibility index (Phi) is 7.14. The summed E-state index contributed by atoms with van der Waals surface area (Å²) in [4.78, 5) is 39.5. The number of pyridine rings is 1. The summed E-state index contributed by atoms with van der Waals surface area (Å²) in [5, 5.41) is 20.1. The Morgan fingerprint density at radius 1 is 1.24 bits per heavy atom. The molecule has 1 saturated carbocycles. The minimum absolute atomic E-state index is 0.00940. The van der Waals surface area contributed by atoms with Gasteiger partial charge in [0.05, 0.1) is 30.6 Å². The molecule has 6 rings (SSSR count). The predicted molar refractivity (Wildman–Crippen MR) is 150 cm³/mol. The van der Waals surface area contributed by atoms with Gasteiger partial charge in [-0.3, -0.25) is 14.7 Å². The normalized spacial score (nSPS) is 20.6. The van der Waals surface area contributed by atoms with Crippen LogP contribution < -0.4 is 16.0 Å². The van der Waals surface area contributed by atoms with Gasteiger partial charge in [-0.25, -0.2) is 24.0 Å². The summed E-state index contributed by atoms with van der Waals surface area (Å²) in [5.74, 6) is 1.40. The van der Waals surface area contributed by atoms with E-state index >= 15 is 0 Å². The van der Waals surface area contributed by atoms with Crippen LogP contribution in [-0.4, -0.2) is 59.5 Å². The van der Waals surface area contributed by atoms with Crippen LogP contribution >= 0.6 is 0 Å². The van der Waals surface area contributed by atoms with Crippen LogP contribution in [0.5, 0.6) is 0 Å². The third kappa shape index (κ3) is 5.32. The second kappa shape index (κ2) is 10.9. The molecule has 0 unspecified atom stereocenters. The van der Waals surface area contributed by atoms with Crippen molar-refractivity contribution >= 4 is 29.1 Å². The second-order valence-electron chi connectivity index (χ2n) is 10.8. The zero-order chi connectivity index (χ0) is 29.4. The molecule has 0 spiro atoms. The van der Waals surface area contributed by atoms with Crippen LogP contribution in [0.3, 0.4) is 0 Å². The number of aromatic nitrogens is 7. The zero-order valence-electron chi connectivity index (χ0n) is 23.4. The van der Waals surface area contributed by atoms with E-state index in [1.807, 2.05) is 26.0 Å². The summed E-state index contributed by atoms with van der Waals surface area (Å²) in [6.45, 7) is 3.77. The number of halogens is 1. The Bertz CT molecular complexity index is 1630. The first-order chi connectivity index (χ1) is 20.2. The Balaban J connectivity index is 1.13. The van der Waals surface area contributed by atoms with Crippen molar-refractivity contribution < 1.29 is 18.7 Å². The van der Waals surface area contributed by atoms with Gasteiger partial charge in [-0.15, -0.1) is 0 Å². The number of H-pyrrole nitrogens is 1. The summed E-state index contributed by atoms with van der Waals surface area (Å²) in [7, 11) is 1.56. The van der Waals surface area contributed by atoms with Gasteiger partial charge >= 0.3 is 0 Å². The summed E-state index contributed by atoms with van der Waals surface area (Å²) >= 11 is 0. The Morgan fingerprint density at radius 2 is 2.05 bits per heavy atom. The fraction of sp³-hybridized carbons (Fsp3) is 0.393. The number of carbonyl (C=O) groups excluding carboxylic acids is 2. The zero-order valence-corrected chi connectivity index (χ0v) is 23.4. The lowest BCUT2D eigenvalue weighted by molar-refractivity contribution is -0.148. The number of nitrogens with zero attached hydrogens (tertiary/aromatic N) is 6. The molecule has 5 heterocycles. The molecule has 1 aliphatic heterocycles. The highest BCUT2D eigenvalue weighted by atomic mass is 19.1. The van der Waals surface area contributed by atoms with Crippen LogP contribution in [0.4, 0.5) is 21.7 Å². The Morgan fingerprint density at radius 3 is 2.69 bits per heavy atom. The highest BCUT2D eigenvalue weighted by Crippen LogP contribution is 2.41. The molecule has 4 N–H and O–H groups in total. The first kappa shape index (κ1) is 27.4. The molecule has 4 aromatic rings. The maximum atomic E-state index is 13.5. The lowest BCUT2D eigenvalue weighted by atomic mass is 9.77. The van der Waals surface area contributed by atoms with Gasteiger partial charge in [0.15, 0.2) is 23.3 Å². The number of ether oxygens (including phenoxy) is 1. The maximum absolute atomic E-state index is 13.5.